The van der Waals surface area contributed by atoms with Crippen molar-refractivity contribution in [2.45, 2.75) is 66.7 Å². The monoisotopic (exact) mass is 234 g/mol. The van der Waals surface area contributed by atoms with Crippen molar-refractivity contribution in [2.24, 2.45) is 16.7 Å². The topological polar surface area (TPSA) is 0 Å². The van der Waals surface area contributed by atoms with Crippen LogP contribution in [0, 0.1) is 16.7 Å². The Morgan fingerprint density at radius 3 is 2.41 bits per heavy atom. The van der Waals surface area contributed by atoms with Crippen molar-refractivity contribution < 1.29 is 0 Å². The maximum atomic E-state index is 4.33. The molecule has 0 saturated heterocycles. The molecule has 1 saturated carbocycles. The molecule has 0 heteroatoms. The summed E-state index contributed by atoms with van der Waals surface area (Å²) < 4.78 is 0. The smallest absolute Gasteiger partial charge is 0.0175 e. The maximum absolute atomic E-state index is 4.33. The van der Waals surface area contributed by atoms with Crippen LogP contribution in [0.3, 0.4) is 0 Å². The van der Waals surface area contributed by atoms with E-state index < -0.39 is 0 Å². The lowest BCUT2D eigenvalue weighted by molar-refractivity contribution is 0.165. The van der Waals surface area contributed by atoms with Gasteiger partial charge in [-0.3, -0.25) is 0 Å². The number of allylic oxidation sites excluding steroid dienone is 2. The van der Waals surface area contributed by atoms with Crippen LogP contribution in [0.1, 0.15) is 66.7 Å². The van der Waals surface area contributed by atoms with Gasteiger partial charge in [0.05, 0.1) is 0 Å². The van der Waals surface area contributed by atoms with Gasteiger partial charge in [-0.1, -0.05) is 58.9 Å². The van der Waals surface area contributed by atoms with Gasteiger partial charge in [-0.25, -0.2) is 0 Å². The highest BCUT2D eigenvalue weighted by molar-refractivity contribution is 5.14. The zero-order chi connectivity index (χ0) is 13.3. The molecule has 1 aliphatic carbocycles. The highest BCUT2D eigenvalue weighted by Gasteiger charge is 2.36. The average Bonchev–Trinajstić information content (AvgIpc) is 2.14. The Hall–Kier alpha value is -0.520. The first-order valence-electron chi connectivity index (χ1n) is 7.03. The van der Waals surface area contributed by atoms with E-state index in [2.05, 4.69) is 47.8 Å². The second-order valence-corrected chi connectivity index (χ2v) is 7.32. The van der Waals surface area contributed by atoms with Gasteiger partial charge < -0.3 is 0 Å². The predicted molar refractivity (Wildman–Crippen MR) is 78.1 cm³/mol. The Labute approximate surface area is 108 Å². The molecule has 0 aromatic rings. The zero-order valence-corrected chi connectivity index (χ0v) is 12.5. The quantitative estimate of drug-likeness (QED) is 0.545. The summed E-state index contributed by atoms with van der Waals surface area (Å²) in [6.45, 7) is 20.1. The lowest BCUT2D eigenvalue weighted by atomic mass is 9.62. The van der Waals surface area contributed by atoms with Crippen LogP contribution in [0.15, 0.2) is 24.3 Å². The van der Waals surface area contributed by atoms with Crippen LogP contribution in [0.25, 0.3) is 0 Å². The molecule has 0 aromatic carbocycles. The molecule has 0 radical (unpaired) electrons. The lowest BCUT2D eigenvalue weighted by Gasteiger charge is -2.43. The number of rotatable bonds is 3. The summed E-state index contributed by atoms with van der Waals surface area (Å²) in [7, 11) is 0. The molecule has 0 N–H and O–H groups in total. The minimum atomic E-state index is 0.240. The van der Waals surface area contributed by atoms with Crippen LogP contribution < -0.4 is 0 Å². The largest absolute Gasteiger partial charge is 0.0998 e. The third kappa shape index (κ3) is 3.72. The Morgan fingerprint density at radius 2 is 2.00 bits per heavy atom. The molecule has 0 amide bonds. The highest BCUT2D eigenvalue weighted by atomic mass is 14.4. The van der Waals surface area contributed by atoms with Gasteiger partial charge in [-0.15, -0.1) is 0 Å². The average molecular weight is 234 g/mol. The zero-order valence-electron chi connectivity index (χ0n) is 12.5. The normalized spacial score (nSPS) is 30.4. The molecule has 17 heavy (non-hydrogen) atoms. The molecule has 0 aliphatic heterocycles. The molecule has 0 heterocycles. The molecular formula is C17H30. The van der Waals surface area contributed by atoms with Gasteiger partial charge in [-0.05, 0) is 48.9 Å². The molecule has 2 unspecified atom stereocenters. The van der Waals surface area contributed by atoms with E-state index in [1.54, 1.807) is 0 Å². The van der Waals surface area contributed by atoms with Crippen LogP contribution >= 0.6 is 0 Å². The second kappa shape index (κ2) is 5.00. The van der Waals surface area contributed by atoms with E-state index in [1.165, 1.54) is 43.3 Å². The minimum Gasteiger partial charge on any atom is -0.0998 e. The van der Waals surface area contributed by atoms with Crippen molar-refractivity contribution in [3.63, 3.8) is 0 Å². The van der Waals surface area contributed by atoms with Gasteiger partial charge in [0, 0.05) is 0 Å². The fourth-order valence-electron chi connectivity index (χ4n) is 3.23. The Morgan fingerprint density at radius 1 is 1.41 bits per heavy atom. The summed E-state index contributed by atoms with van der Waals surface area (Å²) in [6.07, 6.45) is 6.21. The van der Waals surface area contributed by atoms with Crippen LogP contribution in [0.2, 0.25) is 0 Å². The van der Waals surface area contributed by atoms with Crippen molar-refractivity contribution in [1.29, 1.82) is 0 Å². The highest BCUT2D eigenvalue weighted by Crippen LogP contribution is 2.49. The molecule has 0 spiro atoms. The molecule has 0 aromatic heterocycles. The third-order valence-electron chi connectivity index (χ3n) is 4.44. The first-order valence-corrected chi connectivity index (χ1v) is 7.03. The summed E-state index contributed by atoms with van der Waals surface area (Å²) in [5.74, 6) is 0.795. The molecule has 1 rings (SSSR count). The van der Waals surface area contributed by atoms with Crippen LogP contribution in [-0.4, -0.2) is 0 Å². The second-order valence-electron chi connectivity index (χ2n) is 7.32. The third-order valence-corrected chi connectivity index (χ3v) is 4.44. The molecule has 0 bridgehead atoms. The Balaban J connectivity index is 2.82. The van der Waals surface area contributed by atoms with Gasteiger partial charge in [0.1, 0.15) is 0 Å². The van der Waals surface area contributed by atoms with Crippen molar-refractivity contribution in [3.05, 3.63) is 24.3 Å². The van der Waals surface area contributed by atoms with E-state index in [1.807, 2.05) is 0 Å². The van der Waals surface area contributed by atoms with Gasteiger partial charge in [0.25, 0.3) is 0 Å². The predicted octanol–water partition coefficient (Wildman–Crippen LogP) is 5.75. The summed E-state index contributed by atoms with van der Waals surface area (Å²) in [6, 6.07) is 0. The fourth-order valence-corrected chi connectivity index (χ4v) is 3.23. The van der Waals surface area contributed by atoms with Crippen LogP contribution in [-0.2, 0) is 0 Å². The SMILES string of the molecule is C=C1CC(C)CC(CC)(CC(=C)C(C)(C)C)C1. The van der Waals surface area contributed by atoms with Crippen molar-refractivity contribution in [1.82, 2.24) is 0 Å². The Bertz CT molecular complexity index is 302. The number of hydrogen-bond acceptors (Lipinski definition) is 0. The standard InChI is InChI=1S/C17H30/c1-8-17(12-15(4)16(5,6)7)10-13(2)9-14(3)11-17/h14H,2,4,8-12H2,1,3,5-7H3. The van der Waals surface area contributed by atoms with Crippen LogP contribution in [0.4, 0.5) is 0 Å². The van der Waals surface area contributed by atoms with Gasteiger partial charge in [0.2, 0.25) is 0 Å². The first kappa shape index (κ1) is 14.5. The van der Waals surface area contributed by atoms with Gasteiger partial charge >= 0.3 is 0 Å². The first-order chi connectivity index (χ1) is 7.68. The molecule has 2 atom stereocenters. The molecular weight excluding hydrogens is 204 g/mol. The van der Waals surface area contributed by atoms with Gasteiger partial charge in [0.15, 0.2) is 0 Å². The molecule has 0 nitrogen and oxygen atoms in total. The lowest BCUT2D eigenvalue weighted by Crippen LogP contribution is -2.30. The van der Waals surface area contributed by atoms with E-state index >= 15 is 0 Å². The molecule has 1 fully saturated rings. The van der Waals surface area contributed by atoms with E-state index in [-0.39, 0.29) is 5.41 Å². The fraction of sp³-hybridized carbons (Fsp3) is 0.765. The summed E-state index contributed by atoms with van der Waals surface area (Å²) in [4.78, 5) is 0. The van der Waals surface area contributed by atoms with E-state index in [4.69, 9.17) is 0 Å². The van der Waals surface area contributed by atoms with Crippen molar-refractivity contribution >= 4 is 0 Å². The van der Waals surface area contributed by atoms with Gasteiger partial charge in [-0.2, -0.15) is 0 Å². The summed E-state index contributed by atoms with van der Waals surface area (Å²) in [5, 5.41) is 0. The van der Waals surface area contributed by atoms with Crippen LogP contribution in [0.5, 0.6) is 0 Å². The van der Waals surface area contributed by atoms with E-state index in [0.717, 1.165) is 5.92 Å². The van der Waals surface area contributed by atoms with E-state index in [9.17, 15) is 0 Å². The molecule has 98 valence electrons. The van der Waals surface area contributed by atoms with E-state index in [0.29, 0.717) is 5.41 Å². The summed E-state index contributed by atoms with van der Waals surface area (Å²) in [5.41, 5.74) is 3.54. The summed E-state index contributed by atoms with van der Waals surface area (Å²) >= 11 is 0. The molecule has 1 aliphatic rings. The maximum Gasteiger partial charge on any atom is -0.0175 e. The van der Waals surface area contributed by atoms with Crippen molar-refractivity contribution in [2.75, 3.05) is 0 Å². The Kier molecular flexibility index (Phi) is 4.28. The van der Waals surface area contributed by atoms with Crippen molar-refractivity contribution in [3.8, 4) is 0 Å². The minimum absolute atomic E-state index is 0.240. The number of hydrogen-bond donors (Lipinski definition) is 0.